The molecule has 1 amide bonds. The Morgan fingerprint density at radius 1 is 1.31 bits per heavy atom. The van der Waals surface area contributed by atoms with Gasteiger partial charge in [0.2, 0.25) is 5.91 Å². The lowest BCUT2D eigenvalue weighted by molar-refractivity contribution is -0.132. The van der Waals surface area contributed by atoms with Gasteiger partial charge in [0.05, 0.1) is 17.8 Å². The second-order valence-corrected chi connectivity index (χ2v) is 8.51. The number of likely N-dealkylation sites (tertiary alicyclic amines) is 1. The molecule has 4 rings (SSSR count). The number of nitrogens with zero attached hydrogens (tertiary/aromatic N) is 4. The summed E-state index contributed by atoms with van der Waals surface area (Å²) in [7, 11) is 0. The van der Waals surface area contributed by atoms with Crippen LogP contribution in [-0.4, -0.2) is 47.5 Å². The molecule has 2 saturated heterocycles. The van der Waals surface area contributed by atoms with Gasteiger partial charge in [-0.1, -0.05) is 13.0 Å². The van der Waals surface area contributed by atoms with Crippen molar-refractivity contribution in [3.8, 4) is 6.07 Å². The zero-order valence-electron chi connectivity index (χ0n) is 17.8. The number of fused-ring (bicyclic) bond motifs is 2. The van der Waals surface area contributed by atoms with E-state index in [0.717, 1.165) is 24.4 Å². The molecule has 3 heterocycles. The predicted octanol–water partition coefficient (Wildman–Crippen LogP) is 2.29. The van der Waals surface area contributed by atoms with Gasteiger partial charge in [-0.05, 0) is 42.2 Å². The van der Waals surface area contributed by atoms with Crippen molar-refractivity contribution in [2.75, 3.05) is 24.5 Å². The second-order valence-electron chi connectivity index (χ2n) is 8.51. The first-order chi connectivity index (χ1) is 15.4. The molecule has 4 atom stereocenters. The van der Waals surface area contributed by atoms with E-state index < -0.39 is 17.8 Å². The fourth-order valence-corrected chi connectivity index (χ4v) is 4.71. The van der Waals surface area contributed by atoms with Crippen LogP contribution in [0.3, 0.4) is 0 Å². The molecule has 0 saturated carbocycles. The largest absolute Gasteiger partial charge is 0.347 e. The number of nitrogens with two attached hydrogens (primary N) is 1. The second kappa shape index (κ2) is 9.18. The van der Waals surface area contributed by atoms with Crippen molar-refractivity contribution in [2.45, 2.75) is 38.0 Å². The van der Waals surface area contributed by atoms with Gasteiger partial charge in [0.1, 0.15) is 11.9 Å². The lowest BCUT2D eigenvalue weighted by Gasteiger charge is -2.42. The number of hydrogen-bond acceptors (Lipinski definition) is 6. The van der Waals surface area contributed by atoms with Crippen molar-refractivity contribution in [1.82, 2.24) is 15.2 Å². The highest BCUT2D eigenvalue weighted by molar-refractivity contribution is 5.77. The SMILES string of the molecule is C[C@H]1CC2CN(C(=O)CCN[C@@H](N)c3ccc(F)c(F)c3)CC1N2c1ccc(C#N)cn1. The molecule has 2 fully saturated rings. The summed E-state index contributed by atoms with van der Waals surface area (Å²) in [5, 5.41) is 12.0. The third-order valence-electron chi connectivity index (χ3n) is 6.39. The minimum Gasteiger partial charge on any atom is -0.347 e. The van der Waals surface area contributed by atoms with E-state index in [2.05, 4.69) is 28.2 Å². The van der Waals surface area contributed by atoms with Gasteiger partial charge in [0, 0.05) is 38.3 Å². The van der Waals surface area contributed by atoms with Crippen LogP contribution in [0.1, 0.15) is 37.1 Å². The number of pyridine rings is 1. The van der Waals surface area contributed by atoms with E-state index in [9.17, 15) is 13.6 Å². The molecule has 7 nitrogen and oxygen atoms in total. The molecule has 2 bridgehead atoms. The molecule has 0 aliphatic carbocycles. The van der Waals surface area contributed by atoms with Crippen molar-refractivity contribution in [3.05, 3.63) is 59.3 Å². The maximum Gasteiger partial charge on any atom is 0.223 e. The monoisotopic (exact) mass is 440 g/mol. The molecule has 168 valence electrons. The smallest absolute Gasteiger partial charge is 0.223 e. The number of amides is 1. The first kappa shape index (κ1) is 22.1. The van der Waals surface area contributed by atoms with Crippen LogP contribution in [-0.2, 0) is 4.79 Å². The third-order valence-corrected chi connectivity index (χ3v) is 6.39. The first-order valence-electron chi connectivity index (χ1n) is 10.7. The van der Waals surface area contributed by atoms with Crippen LogP contribution in [0.4, 0.5) is 14.6 Å². The lowest BCUT2D eigenvalue weighted by Crippen LogP contribution is -2.56. The Labute approximate surface area is 185 Å². The average molecular weight is 440 g/mol. The minimum atomic E-state index is -0.949. The Balaban J connectivity index is 1.33. The molecule has 9 heteroatoms. The average Bonchev–Trinajstić information content (AvgIpc) is 2.99. The number of halogens is 2. The molecule has 3 N–H and O–H groups in total. The number of hydrogen-bond donors (Lipinski definition) is 2. The quantitative estimate of drug-likeness (QED) is 0.669. The summed E-state index contributed by atoms with van der Waals surface area (Å²) < 4.78 is 26.5. The zero-order chi connectivity index (χ0) is 22.8. The number of anilines is 1. The fraction of sp³-hybridized carbons (Fsp3) is 0.435. The molecular formula is C23H26F2N6O. The highest BCUT2D eigenvalue weighted by Gasteiger charge is 2.45. The molecule has 2 unspecified atom stereocenters. The molecule has 1 aromatic heterocycles. The summed E-state index contributed by atoms with van der Waals surface area (Å²) in [5.74, 6) is -0.568. The van der Waals surface area contributed by atoms with Crippen molar-refractivity contribution in [1.29, 1.82) is 5.26 Å². The highest BCUT2D eigenvalue weighted by Crippen LogP contribution is 2.37. The van der Waals surface area contributed by atoms with Crippen LogP contribution in [0.15, 0.2) is 36.5 Å². The van der Waals surface area contributed by atoms with E-state index in [4.69, 9.17) is 11.0 Å². The van der Waals surface area contributed by atoms with E-state index in [1.807, 2.05) is 11.0 Å². The lowest BCUT2D eigenvalue weighted by atomic mass is 10.0. The van der Waals surface area contributed by atoms with Crippen molar-refractivity contribution in [2.24, 2.45) is 11.7 Å². The van der Waals surface area contributed by atoms with Gasteiger partial charge in [0.15, 0.2) is 11.6 Å². The Hall–Kier alpha value is -3.09. The van der Waals surface area contributed by atoms with Gasteiger partial charge < -0.3 is 15.5 Å². The maximum atomic E-state index is 13.4. The van der Waals surface area contributed by atoms with E-state index in [1.165, 1.54) is 6.07 Å². The van der Waals surface area contributed by atoms with Crippen molar-refractivity contribution >= 4 is 11.7 Å². The highest BCUT2D eigenvalue weighted by atomic mass is 19.2. The number of piperazine rings is 1. The van der Waals surface area contributed by atoms with Gasteiger partial charge in [-0.25, -0.2) is 13.8 Å². The molecule has 32 heavy (non-hydrogen) atoms. The van der Waals surface area contributed by atoms with Crippen LogP contribution in [0.2, 0.25) is 0 Å². The molecule has 1 aromatic carbocycles. The minimum absolute atomic E-state index is 0.0338. The zero-order valence-corrected chi connectivity index (χ0v) is 17.8. The molecular weight excluding hydrogens is 414 g/mol. The molecule has 0 radical (unpaired) electrons. The Morgan fingerprint density at radius 3 is 2.78 bits per heavy atom. The third kappa shape index (κ3) is 4.42. The summed E-state index contributed by atoms with van der Waals surface area (Å²) in [5.41, 5.74) is 6.94. The Kier molecular flexibility index (Phi) is 6.35. The van der Waals surface area contributed by atoms with Gasteiger partial charge in [-0.2, -0.15) is 5.26 Å². The van der Waals surface area contributed by atoms with Gasteiger partial charge >= 0.3 is 0 Å². The summed E-state index contributed by atoms with van der Waals surface area (Å²) in [4.78, 5) is 21.5. The normalized spacial score (nSPS) is 23.2. The molecule has 2 aliphatic heterocycles. The van der Waals surface area contributed by atoms with E-state index in [0.29, 0.717) is 36.7 Å². The van der Waals surface area contributed by atoms with Crippen LogP contribution in [0, 0.1) is 28.9 Å². The van der Waals surface area contributed by atoms with Gasteiger partial charge in [-0.3, -0.25) is 10.1 Å². The number of nitrogens with one attached hydrogen (secondary N) is 1. The summed E-state index contributed by atoms with van der Waals surface area (Å²) in [6.45, 7) is 3.77. The summed E-state index contributed by atoms with van der Waals surface area (Å²) >= 11 is 0. The number of nitriles is 1. The predicted molar refractivity (Wildman–Crippen MR) is 115 cm³/mol. The van der Waals surface area contributed by atoms with Crippen LogP contribution < -0.4 is 16.0 Å². The first-order valence-corrected chi connectivity index (χ1v) is 10.7. The van der Waals surface area contributed by atoms with E-state index in [-0.39, 0.29) is 24.4 Å². The maximum absolute atomic E-state index is 13.4. The Morgan fingerprint density at radius 2 is 2.12 bits per heavy atom. The van der Waals surface area contributed by atoms with Crippen LogP contribution in [0.25, 0.3) is 0 Å². The van der Waals surface area contributed by atoms with Gasteiger partial charge in [0.25, 0.3) is 0 Å². The number of carbonyl (C=O) groups is 1. The van der Waals surface area contributed by atoms with Crippen LogP contribution >= 0.6 is 0 Å². The molecule has 0 spiro atoms. The van der Waals surface area contributed by atoms with Crippen LogP contribution in [0.5, 0.6) is 0 Å². The summed E-state index contributed by atoms with van der Waals surface area (Å²) in [6.07, 6.45) is 2.14. The summed E-state index contributed by atoms with van der Waals surface area (Å²) in [6, 6.07) is 9.61. The van der Waals surface area contributed by atoms with Crippen molar-refractivity contribution < 1.29 is 13.6 Å². The van der Waals surface area contributed by atoms with Crippen molar-refractivity contribution in [3.63, 3.8) is 0 Å². The number of aromatic nitrogens is 1. The van der Waals surface area contributed by atoms with E-state index >= 15 is 0 Å². The topological polar surface area (TPSA) is 98.3 Å². The molecule has 2 aliphatic rings. The standard InChI is InChI=1S/C23H26F2N6O/c1-14-8-17-12-30(13-20(14)31(17)21-5-2-15(10-26)11-29-21)22(32)6-7-28-23(27)16-3-4-18(24)19(25)9-16/h2-5,9,11,14,17,20,23,28H,6-8,12-13,27H2,1H3/t14-,17?,20?,23+/m0/s1. The number of carbonyl (C=O) groups excluding carboxylic acids is 1. The van der Waals surface area contributed by atoms with Gasteiger partial charge in [-0.15, -0.1) is 0 Å². The number of rotatable bonds is 6. The molecule has 2 aromatic rings. The number of benzene rings is 1. The Bertz CT molecular complexity index is 1020. The fourth-order valence-electron chi connectivity index (χ4n) is 4.71. The van der Waals surface area contributed by atoms with E-state index in [1.54, 1.807) is 12.3 Å².